The molecule has 0 unspecified atom stereocenters. The Hall–Kier alpha value is -1.40. The number of aliphatic hydroxyl groups excluding tert-OH is 1. The van der Waals surface area contributed by atoms with Crippen LogP contribution in [0.1, 0.15) is 63.5 Å². The molecule has 1 saturated carbocycles. The summed E-state index contributed by atoms with van der Waals surface area (Å²) < 4.78 is 7.76. The lowest BCUT2D eigenvalue weighted by Crippen LogP contribution is -2.34. The molecular weight excluding hydrogens is 318 g/mol. The van der Waals surface area contributed by atoms with E-state index >= 15 is 0 Å². The fourth-order valence-electron chi connectivity index (χ4n) is 3.98. The third-order valence-electron chi connectivity index (χ3n) is 5.60. The molecule has 1 saturated heterocycles. The van der Waals surface area contributed by atoms with Gasteiger partial charge in [0.2, 0.25) is 5.91 Å². The van der Waals surface area contributed by atoms with E-state index in [0.717, 1.165) is 18.4 Å². The number of carbonyl (C=O) groups is 1. The van der Waals surface area contributed by atoms with Gasteiger partial charge < -0.3 is 14.7 Å². The van der Waals surface area contributed by atoms with Gasteiger partial charge in [-0.15, -0.1) is 0 Å². The van der Waals surface area contributed by atoms with Crippen LogP contribution in [0.25, 0.3) is 0 Å². The molecule has 3 rings (SSSR count). The highest BCUT2D eigenvalue weighted by molar-refractivity contribution is 5.78. The number of hydrogen-bond donors (Lipinski definition) is 1. The van der Waals surface area contributed by atoms with Crippen molar-refractivity contribution >= 4 is 5.91 Å². The summed E-state index contributed by atoms with van der Waals surface area (Å²) >= 11 is 0. The molecule has 2 aliphatic rings. The van der Waals surface area contributed by atoms with Gasteiger partial charge in [-0.2, -0.15) is 5.10 Å². The number of hydrogen-bond acceptors (Lipinski definition) is 4. The zero-order chi connectivity index (χ0) is 17.8. The van der Waals surface area contributed by atoms with Crippen molar-refractivity contribution in [2.24, 2.45) is 5.92 Å². The fraction of sp³-hybridized carbons (Fsp3) is 0.789. The van der Waals surface area contributed by atoms with Crippen molar-refractivity contribution in [3.63, 3.8) is 0 Å². The second kappa shape index (κ2) is 8.32. The first-order chi connectivity index (χ1) is 12.1. The summed E-state index contributed by atoms with van der Waals surface area (Å²) in [4.78, 5) is 14.4. The summed E-state index contributed by atoms with van der Waals surface area (Å²) in [6.45, 7) is 5.68. The van der Waals surface area contributed by atoms with Gasteiger partial charge in [0.25, 0.3) is 0 Å². The number of aliphatic hydroxyl groups is 1. The van der Waals surface area contributed by atoms with Gasteiger partial charge in [0.15, 0.2) is 0 Å². The Morgan fingerprint density at radius 3 is 2.72 bits per heavy atom. The maximum absolute atomic E-state index is 12.5. The summed E-state index contributed by atoms with van der Waals surface area (Å²) in [5.74, 6) is 0.266. The number of amides is 1. The quantitative estimate of drug-likeness (QED) is 0.856. The summed E-state index contributed by atoms with van der Waals surface area (Å²) in [7, 11) is 0. The molecular formula is C19H31N3O3. The second-order valence-corrected chi connectivity index (χ2v) is 7.77. The number of carbonyl (C=O) groups excluding carboxylic acids is 1. The van der Waals surface area contributed by atoms with Crippen LogP contribution in [0.2, 0.25) is 0 Å². The van der Waals surface area contributed by atoms with Crippen LogP contribution in [0, 0.1) is 5.92 Å². The van der Waals surface area contributed by atoms with Gasteiger partial charge in [-0.3, -0.25) is 9.48 Å². The highest BCUT2D eigenvalue weighted by Crippen LogP contribution is 2.32. The van der Waals surface area contributed by atoms with Crippen molar-refractivity contribution in [2.75, 3.05) is 26.3 Å². The minimum atomic E-state index is 0.0442. The zero-order valence-corrected chi connectivity index (χ0v) is 15.4. The largest absolute Gasteiger partial charge is 0.396 e. The lowest BCUT2D eigenvalue weighted by Gasteiger charge is -2.23. The van der Waals surface area contributed by atoms with Crippen LogP contribution in [0.15, 0.2) is 12.4 Å². The maximum atomic E-state index is 12.5. The molecule has 1 aromatic heterocycles. The molecule has 2 heterocycles. The smallest absolute Gasteiger partial charge is 0.248 e. The van der Waals surface area contributed by atoms with Gasteiger partial charge in [0.05, 0.1) is 12.3 Å². The third kappa shape index (κ3) is 4.42. The molecule has 0 bridgehead atoms. The molecule has 2 fully saturated rings. The molecule has 6 heteroatoms. The van der Waals surface area contributed by atoms with Crippen molar-refractivity contribution in [1.29, 1.82) is 0 Å². The minimum absolute atomic E-state index is 0.0442. The standard InChI is InChI=1S/C19H31N3O3/c1-14(2)22-10-15(8-20-22)18-11-21(9-16(18)12-23)19(24)13-25-17-6-4-3-5-7-17/h8,10,14,16-18,23H,3-7,9,11-13H2,1-2H3/t16-,18-/m0/s1. The first-order valence-electron chi connectivity index (χ1n) is 9.62. The molecule has 1 N–H and O–H groups in total. The van der Waals surface area contributed by atoms with E-state index in [1.54, 1.807) is 0 Å². The molecule has 25 heavy (non-hydrogen) atoms. The van der Waals surface area contributed by atoms with E-state index in [1.165, 1.54) is 19.3 Å². The van der Waals surface area contributed by atoms with Crippen molar-refractivity contribution < 1.29 is 14.6 Å². The molecule has 1 amide bonds. The highest BCUT2D eigenvalue weighted by Gasteiger charge is 2.36. The van der Waals surface area contributed by atoms with E-state index in [1.807, 2.05) is 22.0 Å². The van der Waals surface area contributed by atoms with Gasteiger partial charge in [0.1, 0.15) is 6.61 Å². The lowest BCUT2D eigenvalue weighted by molar-refractivity contribution is -0.138. The molecule has 0 aromatic carbocycles. The van der Waals surface area contributed by atoms with Crippen LogP contribution < -0.4 is 0 Å². The van der Waals surface area contributed by atoms with Gasteiger partial charge >= 0.3 is 0 Å². The molecule has 1 aromatic rings. The van der Waals surface area contributed by atoms with Gasteiger partial charge in [-0.25, -0.2) is 0 Å². The molecule has 2 atom stereocenters. The minimum Gasteiger partial charge on any atom is -0.396 e. The van der Waals surface area contributed by atoms with E-state index in [9.17, 15) is 9.90 Å². The Balaban J connectivity index is 1.57. The van der Waals surface area contributed by atoms with E-state index in [2.05, 4.69) is 18.9 Å². The topological polar surface area (TPSA) is 67.6 Å². The molecule has 140 valence electrons. The SMILES string of the molecule is CC(C)n1cc([C@@H]2CN(C(=O)COC3CCCCC3)C[C@H]2CO)cn1. The van der Waals surface area contributed by atoms with Crippen LogP contribution in [0.4, 0.5) is 0 Å². The number of ether oxygens (including phenoxy) is 1. The summed E-state index contributed by atoms with van der Waals surface area (Å²) in [6, 6.07) is 0.310. The summed E-state index contributed by atoms with van der Waals surface area (Å²) in [5, 5.41) is 14.2. The maximum Gasteiger partial charge on any atom is 0.248 e. The van der Waals surface area contributed by atoms with Crippen LogP contribution in [-0.2, 0) is 9.53 Å². The van der Waals surface area contributed by atoms with E-state index in [-0.39, 0.29) is 37.1 Å². The van der Waals surface area contributed by atoms with Crippen molar-refractivity contribution in [2.45, 2.75) is 64.0 Å². The number of aromatic nitrogens is 2. The van der Waals surface area contributed by atoms with Gasteiger partial charge in [0, 0.05) is 43.8 Å². The number of nitrogens with zero attached hydrogens (tertiary/aromatic N) is 3. The Morgan fingerprint density at radius 1 is 1.32 bits per heavy atom. The van der Waals surface area contributed by atoms with Crippen molar-refractivity contribution in [3.8, 4) is 0 Å². The predicted octanol–water partition coefficient (Wildman–Crippen LogP) is 2.35. The molecule has 0 spiro atoms. The van der Waals surface area contributed by atoms with E-state index in [4.69, 9.17) is 4.74 Å². The third-order valence-corrected chi connectivity index (χ3v) is 5.60. The van der Waals surface area contributed by atoms with Crippen LogP contribution in [-0.4, -0.2) is 58.1 Å². The van der Waals surface area contributed by atoms with E-state index in [0.29, 0.717) is 19.1 Å². The first kappa shape index (κ1) is 18.4. The average molecular weight is 349 g/mol. The molecule has 0 radical (unpaired) electrons. The van der Waals surface area contributed by atoms with E-state index < -0.39 is 0 Å². The Bertz CT molecular complexity index is 566. The first-order valence-corrected chi connectivity index (χ1v) is 9.62. The second-order valence-electron chi connectivity index (χ2n) is 7.77. The zero-order valence-electron chi connectivity index (χ0n) is 15.4. The van der Waals surface area contributed by atoms with Crippen molar-refractivity contribution in [1.82, 2.24) is 14.7 Å². The average Bonchev–Trinajstić information content (AvgIpc) is 3.27. The number of rotatable bonds is 6. The summed E-state index contributed by atoms with van der Waals surface area (Å²) in [5.41, 5.74) is 1.11. The van der Waals surface area contributed by atoms with Crippen LogP contribution in [0.5, 0.6) is 0 Å². The highest BCUT2D eigenvalue weighted by atomic mass is 16.5. The predicted molar refractivity (Wildman–Crippen MR) is 95.3 cm³/mol. The molecule has 6 nitrogen and oxygen atoms in total. The number of likely N-dealkylation sites (tertiary alicyclic amines) is 1. The van der Waals surface area contributed by atoms with Crippen LogP contribution in [0.3, 0.4) is 0 Å². The Morgan fingerprint density at radius 2 is 2.08 bits per heavy atom. The lowest BCUT2D eigenvalue weighted by atomic mass is 9.92. The monoisotopic (exact) mass is 349 g/mol. The Kier molecular flexibility index (Phi) is 6.12. The van der Waals surface area contributed by atoms with Crippen LogP contribution >= 0.6 is 0 Å². The van der Waals surface area contributed by atoms with Gasteiger partial charge in [-0.05, 0) is 32.3 Å². The van der Waals surface area contributed by atoms with Gasteiger partial charge in [-0.1, -0.05) is 19.3 Å². The summed E-state index contributed by atoms with van der Waals surface area (Å²) in [6.07, 6.45) is 10.0. The normalized spacial score (nSPS) is 25.0. The molecule has 1 aliphatic heterocycles. The fourth-order valence-corrected chi connectivity index (χ4v) is 3.98. The Labute approximate surface area is 150 Å². The molecule has 1 aliphatic carbocycles. The van der Waals surface area contributed by atoms with Crippen molar-refractivity contribution in [3.05, 3.63) is 18.0 Å².